The Balaban J connectivity index is 2.20. The highest BCUT2D eigenvalue weighted by Gasteiger charge is 2.26. The predicted molar refractivity (Wildman–Crippen MR) is 82.2 cm³/mol. The number of likely N-dealkylation sites (tertiary alicyclic amines) is 1. The highest BCUT2D eigenvalue weighted by Crippen LogP contribution is 2.29. The molecule has 1 aromatic rings. The Kier molecular flexibility index (Phi) is 5.41. The molecule has 2 atom stereocenters. The monoisotopic (exact) mass is 260 g/mol. The zero-order chi connectivity index (χ0) is 13.7. The van der Waals surface area contributed by atoms with Crippen molar-refractivity contribution in [3.05, 3.63) is 35.4 Å². The molecule has 2 rings (SSSR count). The van der Waals surface area contributed by atoms with Gasteiger partial charge in [0.2, 0.25) is 0 Å². The molecule has 2 unspecified atom stereocenters. The molecule has 1 aromatic carbocycles. The molecule has 1 aliphatic heterocycles. The van der Waals surface area contributed by atoms with Gasteiger partial charge in [-0.05, 0) is 38.3 Å². The Morgan fingerprint density at radius 3 is 2.58 bits per heavy atom. The molecular formula is C17H28N2. The summed E-state index contributed by atoms with van der Waals surface area (Å²) in [6.45, 7) is 6.38. The molecule has 0 bridgehead atoms. The van der Waals surface area contributed by atoms with E-state index < -0.39 is 0 Å². The average Bonchev–Trinajstić information content (AvgIpc) is 2.67. The average molecular weight is 260 g/mol. The van der Waals surface area contributed by atoms with Crippen LogP contribution in [0.1, 0.15) is 56.2 Å². The van der Waals surface area contributed by atoms with E-state index in [-0.39, 0.29) is 0 Å². The molecule has 0 aliphatic carbocycles. The van der Waals surface area contributed by atoms with Crippen LogP contribution >= 0.6 is 0 Å². The van der Waals surface area contributed by atoms with Crippen LogP contribution in [0.15, 0.2) is 24.3 Å². The lowest BCUT2D eigenvalue weighted by atomic mass is 10.00. The van der Waals surface area contributed by atoms with Crippen molar-refractivity contribution in [2.24, 2.45) is 5.73 Å². The molecule has 0 saturated carbocycles. The van der Waals surface area contributed by atoms with Crippen molar-refractivity contribution in [2.75, 3.05) is 13.1 Å². The summed E-state index contributed by atoms with van der Waals surface area (Å²) in [6, 6.07) is 10.0. The Morgan fingerprint density at radius 1 is 1.21 bits per heavy atom. The zero-order valence-electron chi connectivity index (χ0n) is 12.4. The van der Waals surface area contributed by atoms with Crippen molar-refractivity contribution in [3.63, 3.8) is 0 Å². The minimum atomic E-state index is 0.392. The largest absolute Gasteiger partial charge is 0.329 e. The van der Waals surface area contributed by atoms with E-state index in [9.17, 15) is 0 Å². The van der Waals surface area contributed by atoms with Crippen LogP contribution in [0.4, 0.5) is 0 Å². The zero-order valence-corrected chi connectivity index (χ0v) is 12.4. The minimum Gasteiger partial charge on any atom is -0.329 e. The molecular weight excluding hydrogens is 232 g/mol. The number of aryl methyl sites for hydroxylation is 1. The van der Waals surface area contributed by atoms with E-state index in [1.165, 1.54) is 49.8 Å². The van der Waals surface area contributed by atoms with Crippen LogP contribution in [0.3, 0.4) is 0 Å². The van der Waals surface area contributed by atoms with Gasteiger partial charge in [0.25, 0.3) is 0 Å². The molecule has 0 aromatic heterocycles. The number of benzene rings is 1. The lowest BCUT2D eigenvalue weighted by Crippen LogP contribution is -2.41. The molecule has 2 heteroatoms. The van der Waals surface area contributed by atoms with Crippen molar-refractivity contribution in [1.82, 2.24) is 4.90 Å². The summed E-state index contributed by atoms with van der Waals surface area (Å²) in [5, 5.41) is 0. The molecule has 106 valence electrons. The van der Waals surface area contributed by atoms with Gasteiger partial charge in [-0.25, -0.2) is 0 Å². The van der Waals surface area contributed by atoms with Crippen LogP contribution in [0.25, 0.3) is 0 Å². The van der Waals surface area contributed by atoms with Crippen LogP contribution in [-0.2, 0) is 0 Å². The maximum absolute atomic E-state index is 6.10. The van der Waals surface area contributed by atoms with Gasteiger partial charge < -0.3 is 5.73 Å². The maximum atomic E-state index is 6.10. The Hall–Kier alpha value is -0.860. The van der Waals surface area contributed by atoms with E-state index in [4.69, 9.17) is 5.73 Å². The number of rotatable bonds is 4. The Morgan fingerprint density at radius 2 is 1.95 bits per heavy atom. The first kappa shape index (κ1) is 14.5. The van der Waals surface area contributed by atoms with Crippen LogP contribution in [0.2, 0.25) is 0 Å². The number of hydrogen-bond donors (Lipinski definition) is 1. The van der Waals surface area contributed by atoms with Gasteiger partial charge >= 0.3 is 0 Å². The third kappa shape index (κ3) is 3.58. The summed E-state index contributed by atoms with van der Waals surface area (Å²) in [7, 11) is 0. The van der Waals surface area contributed by atoms with Crippen LogP contribution in [0, 0.1) is 6.92 Å². The van der Waals surface area contributed by atoms with Crippen molar-refractivity contribution in [3.8, 4) is 0 Å². The van der Waals surface area contributed by atoms with E-state index in [0.29, 0.717) is 12.1 Å². The SMILES string of the molecule is CCC1CCCCCN1C(CN)c1ccc(C)cc1. The predicted octanol–water partition coefficient (Wildman–Crippen LogP) is 3.65. The first-order valence-corrected chi connectivity index (χ1v) is 7.78. The molecule has 1 fully saturated rings. The Labute approximate surface area is 118 Å². The van der Waals surface area contributed by atoms with Gasteiger partial charge in [0.15, 0.2) is 0 Å². The molecule has 2 N–H and O–H groups in total. The van der Waals surface area contributed by atoms with E-state index in [1.807, 2.05) is 0 Å². The molecule has 2 nitrogen and oxygen atoms in total. The fourth-order valence-electron chi connectivity index (χ4n) is 3.30. The van der Waals surface area contributed by atoms with E-state index >= 15 is 0 Å². The minimum absolute atomic E-state index is 0.392. The van der Waals surface area contributed by atoms with E-state index in [0.717, 1.165) is 6.54 Å². The standard InChI is InChI=1S/C17H28N2/c1-3-16-7-5-4-6-12-19(16)17(13-18)15-10-8-14(2)9-11-15/h8-11,16-17H,3-7,12-13,18H2,1-2H3. The van der Waals surface area contributed by atoms with Crippen LogP contribution < -0.4 is 5.73 Å². The van der Waals surface area contributed by atoms with Crippen molar-refractivity contribution < 1.29 is 0 Å². The molecule has 1 aliphatic rings. The topological polar surface area (TPSA) is 29.3 Å². The van der Waals surface area contributed by atoms with E-state index in [1.54, 1.807) is 0 Å². The van der Waals surface area contributed by atoms with Crippen molar-refractivity contribution in [2.45, 2.75) is 58.0 Å². The molecule has 0 spiro atoms. The van der Waals surface area contributed by atoms with Gasteiger partial charge in [-0.15, -0.1) is 0 Å². The second kappa shape index (κ2) is 7.06. The third-order valence-corrected chi connectivity index (χ3v) is 4.48. The first-order chi connectivity index (χ1) is 9.26. The fourth-order valence-corrected chi connectivity index (χ4v) is 3.30. The quantitative estimate of drug-likeness (QED) is 0.895. The second-order valence-corrected chi connectivity index (χ2v) is 5.81. The number of nitrogens with two attached hydrogens (primary N) is 1. The second-order valence-electron chi connectivity index (χ2n) is 5.81. The fraction of sp³-hybridized carbons (Fsp3) is 0.647. The molecule has 1 heterocycles. The molecule has 19 heavy (non-hydrogen) atoms. The van der Waals surface area contributed by atoms with E-state index in [2.05, 4.69) is 43.0 Å². The summed E-state index contributed by atoms with van der Waals surface area (Å²) in [6.07, 6.45) is 6.64. The molecule has 0 amide bonds. The highest BCUT2D eigenvalue weighted by molar-refractivity contribution is 5.24. The number of nitrogens with zero attached hydrogens (tertiary/aromatic N) is 1. The first-order valence-electron chi connectivity index (χ1n) is 7.78. The maximum Gasteiger partial charge on any atom is 0.0473 e. The van der Waals surface area contributed by atoms with Gasteiger partial charge in [-0.3, -0.25) is 4.90 Å². The highest BCUT2D eigenvalue weighted by atomic mass is 15.2. The molecule has 1 saturated heterocycles. The van der Waals surface area contributed by atoms with Crippen molar-refractivity contribution in [1.29, 1.82) is 0 Å². The van der Waals surface area contributed by atoms with Crippen molar-refractivity contribution >= 4 is 0 Å². The van der Waals surface area contributed by atoms with Gasteiger partial charge in [0, 0.05) is 18.6 Å². The Bertz CT molecular complexity index is 371. The van der Waals surface area contributed by atoms with Crippen LogP contribution in [-0.4, -0.2) is 24.0 Å². The van der Waals surface area contributed by atoms with Crippen LogP contribution in [0.5, 0.6) is 0 Å². The summed E-state index contributed by atoms with van der Waals surface area (Å²) < 4.78 is 0. The smallest absolute Gasteiger partial charge is 0.0473 e. The van der Waals surface area contributed by atoms with Gasteiger partial charge in [-0.1, -0.05) is 49.6 Å². The van der Waals surface area contributed by atoms with Gasteiger partial charge in [0.05, 0.1) is 0 Å². The van der Waals surface area contributed by atoms with Gasteiger partial charge in [-0.2, -0.15) is 0 Å². The summed E-state index contributed by atoms with van der Waals surface area (Å²) in [5.41, 5.74) is 8.80. The lowest BCUT2D eigenvalue weighted by Gasteiger charge is -2.36. The summed E-state index contributed by atoms with van der Waals surface area (Å²) >= 11 is 0. The third-order valence-electron chi connectivity index (χ3n) is 4.48. The normalized spacial score (nSPS) is 23.0. The molecule has 0 radical (unpaired) electrons. The summed E-state index contributed by atoms with van der Waals surface area (Å²) in [5.74, 6) is 0. The van der Waals surface area contributed by atoms with Gasteiger partial charge in [0.1, 0.15) is 0 Å². The lowest BCUT2D eigenvalue weighted by molar-refractivity contribution is 0.136. The number of hydrogen-bond acceptors (Lipinski definition) is 2. The summed E-state index contributed by atoms with van der Waals surface area (Å²) in [4.78, 5) is 2.66.